The van der Waals surface area contributed by atoms with Crippen LogP contribution in [0, 0.1) is 0 Å². The van der Waals surface area contributed by atoms with Crippen molar-refractivity contribution in [2.75, 3.05) is 33.4 Å². The SMILES string of the molecule is COCCOc1ccc(C(=O)N2CCNC(=O)C2CC(=O)OCc2ccccc2)cc1. The van der Waals surface area contributed by atoms with Crippen LogP contribution in [0.3, 0.4) is 0 Å². The Morgan fingerprint density at radius 3 is 2.52 bits per heavy atom. The first-order valence-electron chi connectivity index (χ1n) is 10.1. The monoisotopic (exact) mass is 426 g/mol. The molecule has 1 fully saturated rings. The van der Waals surface area contributed by atoms with Gasteiger partial charge in [-0.2, -0.15) is 0 Å². The summed E-state index contributed by atoms with van der Waals surface area (Å²) in [7, 11) is 1.59. The summed E-state index contributed by atoms with van der Waals surface area (Å²) < 4.78 is 15.7. The number of carbonyl (C=O) groups is 3. The number of benzene rings is 2. The number of ether oxygens (including phenoxy) is 3. The molecule has 2 aromatic rings. The Morgan fingerprint density at radius 1 is 1.06 bits per heavy atom. The Labute approximate surface area is 181 Å². The zero-order valence-corrected chi connectivity index (χ0v) is 17.4. The van der Waals surface area contributed by atoms with Gasteiger partial charge in [0.25, 0.3) is 5.91 Å². The number of hydrogen-bond donors (Lipinski definition) is 1. The average molecular weight is 426 g/mol. The molecule has 1 unspecified atom stereocenters. The van der Waals surface area contributed by atoms with Gasteiger partial charge in [-0.3, -0.25) is 14.4 Å². The molecule has 0 aromatic heterocycles. The lowest BCUT2D eigenvalue weighted by Gasteiger charge is -2.34. The van der Waals surface area contributed by atoms with Crippen LogP contribution in [0.1, 0.15) is 22.3 Å². The van der Waals surface area contributed by atoms with Gasteiger partial charge in [0.1, 0.15) is 25.0 Å². The van der Waals surface area contributed by atoms with Crippen LogP contribution in [0.4, 0.5) is 0 Å². The Balaban J connectivity index is 1.62. The molecule has 31 heavy (non-hydrogen) atoms. The molecule has 0 bridgehead atoms. The first-order chi connectivity index (χ1) is 15.1. The van der Waals surface area contributed by atoms with E-state index >= 15 is 0 Å². The first kappa shape index (κ1) is 22.3. The van der Waals surface area contributed by atoms with E-state index in [0.717, 1.165) is 5.56 Å². The fraction of sp³-hybridized carbons (Fsp3) is 0.348. The first-order valence-corrected chi connectivity index (χ1v) is 10.1. The number of methoxy groups -OCH3 is 1. The Kier molecular flexibility index (Phi) is 8.00. The van der Waals surface area contributed by atoms with E-state index in [0.29, 0.717) is 37.6 Å². The van der Waals surface area contributed by atoms with Crippen molar-refractivity contribution in [3.63, 3.8) is 0 Å². The second-order valence-electron chi connectivity index (χ2n) is 7.02. The van der Waals surface area contributed by atoms with E-state index in [-0.39, 0.29) is 24.8 Å². The number of hydrogen-bond acceptors (Lipinski definition) is 6. The molecule has 2 amide bonds. The predicted octanol–water partition coefficient (Wildman–Crippen LogP) is 1.79. The summed E-state index contributed by atoms with van der Waals surface area (Å²) in [4.78, 5) is 39.2. The van der Waals surface area contributed by atoms with Gasteiger partial charge < -0.3 is 24.4 Å². The minimum atomic E-state index is -0.915. The topological polar surface area (TPSA) is 94.2 Å². The fourth-order valence-electron chi connectivity index (χ4n) is 3.22. The zero-order chi connectivity index (χ0) is 22.1. The molecular weight excluding hydrogens is 400 g/mol. The van der Waals surface area contributed by atoms with E-state index < -0.39 is 12.0 Å². The third-order valence-corrected chi connectivity index (χ3v) is 4.85. The van der Waals surface area contributed by atoms with Crippen LogP contribution in [0.25, 0.3) is 0 Å². The smallest absolute Gasteiger partial charge is 0.308 e. The van der Waals surface area contributed by atoms with Crippen molar-refractivity contribution in [1.29, 1.82) is 0 Å². The number of carbonyl (C=O) groups excluding carboxylic acids is 3. The standard InChI is InChI=1S/C23H26N2O6/c1-29-13-14-30-19-9-7-18(8-10-19)23(28)25-12-11-24-22(27)20(25)15-21(26)31-16-17-5-3-2-4-6-17/h2-10,20H,11-16H2,1H3,(H,24,27). The van der Waals surface area contributed by atoms with Crippen LogP contribution in [0.2, 0.25) is 0 Å². The molecule has 8 heteroatoms. The summed E-state index contributed by atoms with van der Waals surface area (Å²) in [5, 5.41) is 2.71. The summed E-state index contributed by atoms with van der Waals surface area (Å²) in [6.07, 6.45) is -0.206. The van der Waals surface area contributed by atoms with E-state index in [1.54, 1.807) is 31.4 Å². The van der Waals surface area contributed by atoms with E-state index in [2.05, 4.69) is 5.32 Å². The second-order valence-corrected chi connectivity index (χ2v) is 7.02. The highest BCUT2D eigenvalue weighted by atomic mass is 16.5. The molecule has 164 valence electrons. The number of amides is 2. The summed E-state index contributed by atoms with van der Waals surface area (Å²) in [6.45, 7) is 1.63. The largest absolute Gasteiger partial charge is 0.491 e. The molecule has 0 spiro atoms. The molecule has 1 heterocycles. The van der Waals surface area contributed by atoms with Gasteiger partial charge in [0, 0.05) is 25.8 Å². The molecule has 1 N–H and O–H groups in total. The van der Waals surface area contributed by atoms with Crippen molar-refractivity contribution in [3.05, 3.63) is 65.7 Å². The molecule has 2 aromatic carbocycles. The second kappa shape index (κ2) is 11.1. The van der Waals surface area contributed by atoms with Crippen molar-refractivity contribution >= 4 is 17.8 Å². The maximum Gasteiger partial charge on any atom is 0.308 e. The summed E-state index contributed by atoms with van der Waals surface area (Å²) in [5.41, 5.74) is 1.26. The quantitative estimate of drug-likeness (QED) is 0.485. The summed E-state index contributed by atoms with van der Waals surface area (Å²) in [6, 6.07) is 15.0. The van der Waals surface area contributed by atoms with E-state index in [1.807, 2.05) is 30.3 Å². The average Bonchev–Trinajstić information content (AvgIpc) is 2.80. The Morgan fingerprint density at radius 2 is 1.81 bits per heavy atom. The molecule has 3 rings (SSSR count). The maximum absolute atomic E-state index is 13.0. The zero-order valence-electron chi connectivity index (χ0n) is 17.4. The Bertz CT molecular complexity index is 885. The maximum atomic E-state index is 13.0. The van der Waals surface area contributed by atoms with Gasteiger partial charge in [0.15, 0.2) is 0 Å². The molecule has 0 saturated carbocycles. The third kappa shape index (κ3) is 6.29. The molecule has 0 radical (unpaired) electrons. The highest BCUT2D eigenvalue weighted by Gasteiger charge is 2.35. The van der Waals surface area contributed by atoms with Crippen LogP contribution >= 0.6 is 0 Å². The van der Waals surface area contributed by atoms with Gasteiger partial charge in [0.05, 0.1) is 13.0 Å². The van der Waals surface area contributed by atoms with E-state index in [1.165, 1.54) is 4.90 Å². The van der Waals surface area contributed by atoms with Crippen LogP contribution in [-0.4, -0.2) is 62.1 Å². The molecule has 1 aliphatic rings. The molecule has 1 saturated heterocycles. The molecular formula is C23H26N2O6. The number of rotatable bonds is 9. The van der Waals surface area contributed by atoms with Gasteiger partial charge in [-0.15, -0.1) is 0 Å². The van der Waals surface area contributed by atoms with Gasteiger partial charge in [-0.25, -0.2) is 0 Å². The van der Waals surface area contributed by atoms with Crippen LogP contribution in [0.5, 0.6) is 5.75 Å². The van der Waals surface area contributed by atoms with Gasteiger partial charge in [0.2, 0.25) is 5.91 Å². The number of piperazine rings is 1. The predicted molar refractivity (Wildman–Crippen MR) is 113 cm³/mol. The normalized spacial score (nSPS) is 15.8. The van der Waals surface area contributed by atoms with Crippen LogP contribution < -0.4 is 10.1 Å². The van der Waals surface area contributed by atoms with E-state index in [9.17, 15) is 14.4 Å². The minimum Gasteiger partial charge on any atom is -0.491 e. The highest BCUT2D eigenvalue weighted by Crippen LogP contribution is 2.18. The van der Waals surface area contributed by atoms with Gasteiger partial charge in [-0.05, 0) is 29.8 Å². The van der Waals surface area contributed by atoms with Crippen LogP contribution in [0.15, 0.2) is 54.6 Å². The van der Waals surface area contributed by atoms with Crippen molar-refractivity contribution in [2.24, 2.45) is 0 Å². The van der Waals surface area contributed by atoms with Crippen molar-refractivity contribution in [2.45, 2.75) is 19.1 Å². The fourth-order valence-corrected chi connectivity index (χ4v) is 3.22. The summed E-state index contributed by atoms with van der Waals surface area (Å²) >= 11 is 0. The number of nitrogens with one attached hydrogen (secondary N) is 1. The van der Waals surface area contributed by atoms with Crippen molar-refractivity contribution in [3.8, 4) is 5.75 Å². The number of esters is 1. The van der Waals surface area contributed by atoms with Gasteiger partial charge in [-0.1, -0.05) is 30.3 Å². The van der Waals surface area contributed by atoms with Crippen molar-refractivity contribution < 1.29 is 28.6 Å². The lowest BCUT2D eigenvalue weighted by Crippen LogP contribution is -2.57. The molecule has 0 aliphatic carbocycles. The molecule has 8 nitrogen and oxygen atoms in total. The minimum absolute atomic E-state index is 0.118. The van der Waals surface area contributed by atoms with Gasteiger partial charge >= 0.3 is 5.97 Å². The van der Waals surface area contributed by atoms with Crippen LogP contribution in [-0.2, 0) is 25.7 Å². The number of nitrogens with zero attached hydrogens (tertiary/aromatic N) is 1. The van der Waals surface area contributed by atoms with Crippen molar-refractivity contribution in [1.82, 2.24) is 10.2 Å². The lowest BCUT2D eigenvalue weighted by atomic mass is 10.1. The highest BCUT2D eigenvalue weighted by molar-refractivity contribution is 5.99. The summed E-state index contributed by atoms with van der Waals surface area (Å²) in [5.74, 6) is -0.605. The Hall–Kier alpha value is -3.39. The van der Waals surface area contributed by atoms with E-state index in [4.69, 9.17) is 14.2 Å². The third-order valence-electron chi connectivity index (χ3n) is 4.85. The molecule has 1 atom stereocenters. The lowest BCUT2D eigenvalue weighted by molar-refractivity contribution is -0.148. The molecule has 1 aliphatic heterocycles.